The van der Waals surface area contributed by atoms with Crippen LogP contribution in [0.2, 0.25) is 0 Å². The summed E-state index contributed by atoms with van der Waals surface area (Å²) in [5.74, 6) is -0.238. The van der Waals surface area contributed by atoms with Gasteiger partial charge in [0.15, 0.2) is 0 Å². The number of nitrogens with two attached hydrogens (primary N) is 1. The van der Waals surface area contributed by atoms with Gasteiger partial charge in [-0.15, -0.1) is 0 Å². The molecule has 0 unspecified atom stereocenters. The van der Waals surface area contributed by atoms with Crippen molar-refractivity contribution in [2.75, 3.05) is 0 Å². The number of benzene rings is 1. The molecule has 1 saturated heterocycles. The van der Waals surface area contributed by atoms with Gasteiger partial charge in [-0.2, -0.15) is 0 Å². The SMILES string of the molecule is N[C@H]1C(=O)N(C2CC2)[C@@H]1c1ccc(F)cc1. The van der Waals surface area contributed by atoms with Crippen LogP contribution in [0.15, 0.2) is 24.3 Å². The number of likely N-dealkylation sites (tertiary alicyclic amines) is 1. The van der Waals surface area contributed by atoms with E-state index in [0.717, 1.165) is 18.4 Å². The molecule has 16 heavy (non-hydrogen) atoms. The number of hydrogen-bond acceptors (Lipinski definition) is 2. The normalized spacial score (nSPS) is 29.1. The first-order chi connectivity index (χ1) is 7.68. The van der Waals surface area contributed by atoms with Gasteiger partial charge in [0.25, 0.3) is 0 Å². The van der Waals surface area contributed by atoms with Gasteiger partial charge in [-0.1, -0.05) is 12.1 Å². The zero-order chi connectivity index (χ0) is 11.3. The maximum Gasteiger partial charge on any atom is 0.242 e. The second kappa shape index (κ2) is 3.28. The first-order valence-corrected chi connectivity index (χ1v) is 5.51. The summed E-state index contributed by atoms with van der Waals surface area (Å²) in [4.78, 5) is 13.5. The van der Waals surface area contributed by atoms with Crippen molar-refractivity contribution < 1.29 is 9.18 Å². The molecule has 1 aromatic rings. The molecule has 0 spiro atoms. The van der Waals surface area contributed by atoms with Crippen molar-refractivity contribution in [2.24, 2.45) is 5.73 Å². The van der Waals surface area contributed by atoms with E-state index in [0.29, 0.717) is 6.04 Å². The Morgan fingerprint density at radius 3 is 2.44 bits per heavy atom. The first kappa shape index (κ1) is 9.78. The molecule has 0 aromatic heterocycles. The molecule has 1 aliphatic carbocycles. The monoisotopic (exact) mass is 220 g/mol. The molecule has 1 aromatic carbocycles. The van der Waals surface area contributed by atoms with Gasteiger partial charge >= 0.3 is 0 Å². The third kappa shape index (κ3) is 1.33. The van der Waals surface area contributed by atoms with E-state index in [-0.39, 0.29) is 17.8 Å². The highest BCUT2D eigenvalue weighted by Crippen LogP contribution is 2.42. The lowest BCUT2D eigenvalue weighted by Crippen LogP contribution is -2.63. The van der Waals surface area contributed by atoms with Crippen LogP contribution in [-0.2, 0) is 4.79 Å². The number of rotatable bonds is 2. The third-order valence-corrected chi connectivity index (χ3v) is 3.33. The summed E-state index contributed by atoms with van der Waals surface area (Å²) in [7, 11) is 0. The van der Waals surface area contributed by atoms with Crippen LogP contribution in [0.5, 0.6) is 0 Å². The summed E-state index contributed by atoms with van der Waals surface area (Å²) in [5.41, 5.74) is 6.74. The summed E-state index contributed by atoms with van der Waals surface area (Å²) in [6.45, 7) is 0. The highest BCUT2D eigenvalue weighted by atomic mass is 19.1. The summed E-state index contributed by atoms with van der Waals surface area (Å²) in [6.07, 6.45) is 2.13. The fraction of sp³-hybridized carbons (Fsp3) is 0.417. The zero-order valence-electron chi connectivity index (χ0n) is 8.77. The minimum Gasteiger partial charge on any atom is -0.329 e. The van der Waals surface area contributed by atoms with Crippen molar-refractivity contribution >= 4 is 5.91 Å². The van der Waals surface area contributed by atoms with Crippen molar-refractivity contribution in [1.29, 1.82) is 0 Å². The summed E-state index contributed by atoms with van der Waals surface area (Å²) >= 11 is 0. The lowest BCUT2D eigenvalue weighted by atomic mass is 9.89. The molecule has 2 atom stereocenters. The van der Waals surface area contributed by atoms with Crippen LogP contribution in [0, 0.1) is 5.82 Å². The Bertz CT molecular complexity index is 427. The molecule has 84 valence electrons. The average Bonchev–Trinajstić information content (AvgIpc) is 3.10. The van der Waals surface area contributed by atoms with Crippen molar-refractivity contribution in [2.45, 2.75) is 31.0 Å². The molecule has 0 radical (unpaired) electrons. The summed E-state index contributed by atoms with van der Waals surface area (Å²) in [5, 5.41) is 0. The molecule has 2 fully saturated rings. The van der Waals surface area contributed by atoms with Gasteiger partial charge in [0.05, 0.1) is 6.04 Å². The van der Waals surface area contributed by atoms with Gasteiger partial charge < -0.3 is 10.6 Å². The number of nitrogens with zero attached hydrogens (tertiary/aromatic N) is 1. The van der Waals surface area contributed by atoms with Crippen LogP contribution in [0.4, 0.5) is 4.39 Å². The molecule has 1 saturated carbocycles. The molecule has 1 amide bonds. The topological polar surface area (TPSA) is 46.3 Å². The van der Waals surface area contributed by atoms with Gasteiger partial charge in [0.1, 0.15) is 11.9 Å². The Labute approximate surface area is 93.0 Å². The molecule has 4 heteroatoms. The minimum atomic E-state index is -0.453. The highest BCUT2D eigenvalue weighted by molar-refractivity contribution is 5.90. The van der Waals surface area contributed by atoms with Gasteiger partial charge in [-0.3, -0.25) is 4.79 Å². The maximum atomic E-state index is 12.8. The lowest BCUT2D eigenvalue weighted by molar-refractivity contribution is -0.150. The zero-order valence-corrected chi connectivity index (χ0v) is 8.77. The van der Waals surface area contributed by atoms with Crippen molar-refractivity contribution in [3.8, 4) is 0 Å². The van der Waals surface area contributed by atoms with Gasteiger partial charge in [0.2, 0.25) is 5.91 Å². The largest absolute Gasteiger partial charge is 0.329 e. The predicted molar refractivity (Wildman–Crippen MR) is 57.0 cm³/mol. The van der Waals surface area contributed by atoms with Crippen LogP contribution in [0.25, 0.3) is 0 Å². The summed E-state index contributed by atoms with van der Waals surface area (Å²) in [6, 6.07) is 6.10. The van der Waals surface area contributed by atoms with Crippen molar-refractivity contribution in [3.05, 3.63) is 35.6 Å². The second-order valence-corrected chi connectivity index (χ2v) is 4.50. The van der Waals surface area contributed by atoms with Crippen LogP contribution >= 0.6 is 0 Å². The Hall–Kier alpha value is -1.42. The Kier molecular flexibility index (Phi) is 2.01. The van der Waals surface area contributed by atoms with Crippen molar-refractivity contribution in [3.63, 3.8) is 0 Å². The molecular formula is C12H13FN2O. The average molecular weight is 220 g/mol. The number of carbonyl (C=O) groups excluding carboxylic acids is 1. The quantitative estimate of drug-likeness (QED) is 0.761. The molecule has 1 heterocycles. The van der Waals surface area contributed by atoms with E-state index >= 15 is 0 Å². The number of halogens is 1. The lowest BCUT2D eigenvalue weighted by Gasteiger charge is -2.46. The fourth-order valence-electron chi connectivity index (χ4n) is 2.32. The predicted octanol–water partition coefficient (Wildman–Crippen LogP) is 1.20. The molecule has 0 bridgehead atoms. The van der Waals surface area contributed by atoms with Gasteiger partial charge in [0, 0.05) is 6.04 Å². The van der Waals surface area contributed by atoms with E-state index in [2.05, 4.69) is 0 Å². The molecule has 3 rings (SSSR count). The van der Waals surface area contributed by atoms with Crippen LogP contribution in [0.1, 0.15) is 24.4 Å². The Balaban J connectivity index is 1.87. The van der Waals surface area contributed by atoms with E-state index in [4.69, 9.17) is 5.73 Å². The third-order valence-electron chi connectivity index (χ3n) is 3.33. The van der Waals surface area contributed by atoms with Crippen LogP contribution < -0.4 is 5.73 Å². The Morgan fingerprint density at radius 2 is 1.88 bits per heavy atom. The fourth-order valence-corrected chi connectivity index (χ4v) is 2.32. The van der Waals surface area contributed by atoms with E-state index in [1.165, 1.54) is 12.1 Å². The van der Waals surface area contributed by atoms with E-state index in [9.17, 15) is 9.18 Å². The van der Waals surface area contributed by atoms with E-state index in [1.54, 1.807) is 12.1 Å². The number of amides is 1. The molecule has 1 aliphatic heterocycles. The standard InChI is InChI=1S/C12H13FN2O/c13-8-3-1-7(2-4-8)11-10(14)12(16)15(11)9-5-6-9/h1-4,9-11H,5-6,14H2/t10-,11-/m1/s1. The highest BCUT2D eigenvalue weighted by Gasteiger charge is 2.51. The number of hydrogen-bond donors (Lipinski definition) is 1. The Morgan fingerprint density at radius 1 is 1.25 bits per heavy atom. The second-order valence-electron chi connectivity index (χ2n) is 4.50. The smallest absolute Gasteiger partial charge is 0.242 e. The van der Waals surface area contributed by atoms with Crippen LogP contribution in [-0.4, -0.2) is 22.9 Å². The first-order valence-electron chi connectivity index (χ1n) is 5.51. The molecule has 2 aliphatic rings. The summed E-state index contributed by atoms with van der Waals surface area (Å²) < 4.78 is 12.8. The van der Waals surface area contributed by atoms with Gasteiger partial charge in [-0.25, -0.2) is 4.39 Å². The minimum absolute atomic E-state index is 0.0248. The molecular weight excluding hydrogens is 207 g/mol. The van der Waals surface area contributed by atoms with Gasteiger partial charge in [-0.05, 0) is 30.5 Å². The van der Waals surface area contributed by atoms with Crippen molar-refractivity contribution in [1.82, 2.24) is 4.90 Å². The number of carbonyl (C=O) groups is 1. The number of β-lactam (4-membered cyclic amide) rings is 1. The molecule has 2 N–H and O–H groups in total. The van der Waals surface area contributed by atoms with Crippen LogP contribution in [0.3, 0.4) is 0 Å². The molecule has 3 nitrogen and oxygen atoms in total. The van der Waals surface area contributed by atoms with E-state index < -0.39 is 6.04 Å². The van der Waals surface area contributed by atoms with E-state index in [1.807, 2.05) is 4.90 Å². The maximum absolute atomic E-state index is 12.8.